The number of carboxylic acid groups (broad SMARTS) is 1. The maximum Gasteiger partial charge on any atom is 0.349 e. The molecule has 108 valence electrons. The predicted molar refractivity (Wildman–Crippen MR) is 75.8 cm³/mol. The van der Waals surface area contributed by atoms with E-state index in [1.54, 1.807) is 42.5 Å². The smallest absolute Gasteiger partial charge is 0.349 e. The summed E-state index contributed by atoms with van der Waals surface area (Å²) < 4.78 is 10.7. The molecular weight excluding hydrogens is 272 g/mol. The highest BCUT2D eigenvalue weighted by Crippen LogP contribution is 2.32. The second kappa shape index (κ2) is 6.56. The summed E-state index contributed by atoms with van der Waals surface area (Å²) in [6.45, 7) is 0. The van der Waals surface area contributed by atoms with Crippen LogP contribution >= 0.6 is 0 Å². The summed E-state index contributed by atoms with van der Waals surface area (Å²) in [5.74, 6) is -0.555. The number of hydrogen-bond acceptors (Lipinski definition) is 4. The molecule has 1 N–H and O–H groups in total. The van der Waals surface area contributed by atoms with Gasteiger partial charge in [0.2, 0.25) is 6.10 Å². The average molecular weight is 286 g/mol. The Morgan fingerprint density at radius 1 is 1.14 bits per heavy atom. The molecule has 0 aliphatic carbocycles. The number of methoxy groups -OCH3 is 1. The zero-order chi connectivity index (χ0) is 15.2. The molecule has 0 bridgehead atoms. The lowest BCUT2D eigenvalue weighted by molar-refractivity contribution is -0.145. The molecule has 0 saturated carbocycles. The molecule has 0 unspecified atom stereocenters. The Bertz CT molecular complexity index is 636. The minimum Gasteiger partial charge on any atom is -0.493 e. The fourth-order valence-corrected chi connectivity index (χ4v) is 1.87. The summed E-state index contributed by atoms with van der Waals surface area (Å²) in [6.07, 6.45) is -0.521. The number of aliphatic carboxylic acids is 1. The first-order valence-corrected chi connectivity index (χ1v) is 6.23. The van der Waals surface area contributed by atoms with Crippen molar-refractivity contribution >= 4 is 12.3 Å². The first-order valence-electron chi connectivity index (χ1n) is 6.23. The van der Waals surface area contributed by atoms with Crippen LogP contribution in [0.15, 0.2) is 48.5 Å². The van der Waals surface area contributed by atoms with E-state index >= 15 is 0 Å². The van der Waals surface area contributed by atoms with Crippen LogP contribution < -0.4 is 9.47 Å². The Hall–Kier alpha value is -2.82. The van der Waals surface area contributed by atoms with E-state index in [0.29, 0.717) is 23.2 Å². The van der Waals surface area contributed by atoms with Crippen LogP contribution in [-0.2, 0) is 4.79 Å². The number of carbonyl (C=O) groups excluding carboxylic acids is 1. The molecule has 2 aromatic carbocycles. The first-order chi connectivity index (χ1) is 10.2. The SMILES string of the molecule is COc1ccc(C=O)cc1O[C@H](C(=O)O)c1ccccc1. The summed E-state index contributed by atoms with van der Waals surface area (Å²) in [4.78, 5) is 22.3. The number of ether oxygens (including phenoxy) is 2. The molecule has 2 aromatic rings. The monoisotopic (exact) mass is 286 g/mol. The van der Waals surface area contributed by atoms with E-state index in [4.69, 9.17) is 9.47 Å². The van der Waals surface area contributed by atoms with E-state index < -0.39 is 12.1 Å². The highest BCUT2D eigenvalue weighted by molar-refractivity contribution is 5.77. The third kappa shape index (κ3) is 3.39. The Kier molecular flexibility index (Phi) is 4.56. The van der Waals surface area contributed by atoms with Crippen LogP contribution in [0.1, 0.15) is 22.0 Å². The minimum absolute atomic E-state index is 0.207. The Labute approximate surface area is 121 Å². The third-order valence-corrected chi connectivity index (χ3v) is 2.90. The number of benzene rings is 2. The van der Waals surface area contributed by atoms with Crippen LogP contribution in [-0.4, -0.2) is 24.5 Å². The molecule has 0 saturated heterocycles. The molecule has 0 aliphatic rings. The molecule has 0 radical (unpaired) electrons. The largest absolute Gasteiger partial charge is 0.493 e. The number of carbonyl (C=O) groups is 2. The minimum atomic E-state index is -1.18. The van der Waals surface area contributed by atoms with Crippen molar-refractivity contribution in [2.45, 2.75) is 6.10 Å². The fourth-order valence-electron chi connectivity index (χ4n) is 1.87. The van der Waals surface area contributed by atoms with Crippen LogP contribution in [0.4, 0.5) is 0 Å². The van der Waals surface area contributed by atoms with Crippen molar-refractivity contribution in [2.75, 3.05) is 7.11 Å². The van der Waals surface area contributed by atoms with E-state index in [1.807, 2.05) is 0 Å². The van der Waals surface area contributed by atoms with Gasteiger partial charge < -0.3 is 14.6 Å². The maximum atomic E-state index is 11.4. The van der Waals surface area contributed by atoms with Crippen molar-refractivity contribution in [1.29, 1.82) is 0 Å². The first kappa shape index (κ1) is 14.6. The van der Waals surface area contributed by atoms with Gasteiger partial charge in [0.1, 0.15) is 6.29 Å². The third-order valence-electron chi connectivity index (χ3n) is 2.90. The second-order valence-electron chi connectivity index (χ2n) is 4.27. The van der Waals surface area contributed by atoms with E-state index in [1.165, 1.54) is 13.2 Å². The molecule has 0 amide bonds. The molecule has 0 fully saturated rings. The van der Waals surface area contributed by atoms with Crippen molar-refractivity contribution in [3.05, 3.63) is 59.7 Å². The number of aldehydes is 1. The predicted octanol–water partition coefficient (Wildman–Crippen LogP) is 2.71. The highest BCUT2D eigenvalue weighted by atomic mass is 16.5. The van der Waals surface area contributed by atoms with E-state index in [-0.39, 0.29) is 5.75 Å². The fraction of sp³-hybridized carbons (Fsp3) is 0.125. The van der Waals surface area contributed by atoms with Gasteiger partial charge in [-0.2, -0.15) is 0 Å². The van der Waals surface area contributed by atoms with Crippen molar-refractivity contribution in [1.82, 2.24) is 0 Å². The lowest BCUT2D eigenvalue weighted by atomic mass is 10.1. The molecule has 0 spiro atoms. The van der Waals surface area contributed by atoms with Gasteiger partial charge in [0.15, 0.2) is 11.5 Å². The molecule has 0 aliphatic heterocycles. The molecule has 0 heterocycles. The van der Waals surface area contributed by atoms with Gasteiger partial charge in [0.05, 0.1) is 7.11 Å². The summed E-state index contributed by atoms with van der Waals surface area (Å²) in [6, 6.07) is 13.1. The van der Waals surface area contributed by atoms with Gasteiger partial charge in [0, 0.05) is 11.1 Å². The molecule has 5 heteroatoms. The normalized spacial score (nSPS) is 11.5. The average Bonchev–Trinajstić information content (AvgIpc) is 2.52. The lowest BCUT2D eigenvalue weighted by Crippen LogP contribution is -2.18. The Morgan fingerprint density at radius 2 is 1.86 bits per heavy atom. The van der Waals surface area contributed by atoms with Crippen LogP contribution in [0.2, 0.25) is 0 Å². The van der Waals surface area contributed by atoms with Gasteiger partial charge in [-0.3, -0.25) is 4.79 Å². The van der Waals surface area contributed by atoms with Crippen molar-refractivity contribution < 1.29 is 24.2 Å². The maximum absolute atomic E-state index is 11.4. The summed E-state index contributed by atoms with van der Waals surface area (Å²) in [5, 5.41) is 9.34. The van der Waals surface area contributed by atoms with Gasteiger partial charge in [-0.05, 0) is 18.2 Å². The number of hydrogen-bond donors (Lipinski definition) is 1. The van der Waals surface area contributed by atoms with E-state index in [9.17, 15) is 14.7 Å². The molecule has 2 rings (SSSR count). The van der Waals surface area contributed by atoms with Crippen molar-refractivity contribution in [3.63, 3.8) is 0 Å². The second-order valence-corrected chi connectivity index (χ2v) is 4.27. The van der Waals surface area contributed by atoms with Gasteiger partial charge in [0.25, 0.3) is 0 Å². The summed E-state index contributed by atoms with van der Waals surface area (Å²) in [7, 11) is 1.45. The zero-order valence-electron chi connectivity index (χ0n) is 11.4. The van der Waals surface area contributed by atoms with Gasteiger partial charge in [-0.15, -0.1) is 0 Å². The molecule has 0 aromatic heterocycles. The Balaban J connectivity index is 2.37. The molecule has 21 heavy (non-hydrogen) atoms. The molecular formula is C16H14O5. The highest BCUT2D eigenvalue weighted by Gasteiger charge is 2.23. The zero-order valence-corrected chi connectivity index (χ0v) is 11.4. The Morgan fingerprint density at radius 3 is 2.43 bits per heavy atom. The van der Waals surface area contributed by atoms with Crippen LogP contribution in [0.3, 0.4) is 0 Å². The summed E-state index contributed by atoms with van der Waals surface area (Å²) in [5.41, 5.74) is 0.881. The number of carboxylic acids is 1. The molecule has 1 atom stereocenters. The standard InChI is InChI=1S/C16H14O5/c1-20-13-8-7-11(10-17)9-14(13)21-15(16(18)19)12-5-3-2-4-6-12/h2-10,15H,1H3,(H,18,19)/t15-/m0/s1. The topological polar surface area (TPSA) is 72.8 Å². The van der Waals surface area contributed by atoms with Gasteiger partial charge in [-0.25, -0.2) is 4.79 Å². The number of rotatable bonds is 6. The van der Waals surface area contributed by atoms with Crippen LogP contribution in [0.5, 0.6) is 11.5 Å². The summed E-state index contributed by atoms with van der Waals surface area (Å²) >= 11 is 0. The van der Waals surface area contributed by atoms with Crippen molar-refractivity contribution in [3.8, 4) is 11.5 Å². The van der Waals surface area contributed by atoms with E-state index in [0.717, 1.165) is 0 Å². The van der Waals surface area contributed by atoms with Gasteiger partial charge in [-0.1, -0.05) is 30.3 Å². The van der Waals surface area contributed by atoms with E-state index in [2.05, 4.69) is 0 Å². The lowest BCUT2D eigenvalue weighted by Gasteiger charge is -2.17. The quantitative estimate of drug-likeness (QED) is 0.826. The van der Waals surface area contributed by atoms with Crippen LogP contribution in [0, 0.1) is 0 Å². The van der Waals surface area contributed by atoms with Gasteiger partial charge >= 0.3 is 5.97 Å². The molecule has 5 nitrogen and oxygen atoms in total. The van der Waals surface area contributed by atoms with Crippen molar-refractivity contribution in [2.24, 2.45) is 0 Å². The van der Waals surface area contributed by atoms with Crippen LogP contribution in [0.25, 0.3) is 0 Å².